The van der Waals surface area contributed by atoms with Gasteiger partial charge in [0.05, 0.1) is 28.6 Å². The average molecular weight is 323 g/mol. The molecule has 2 amide bonds. The van der Waals surface area contributed by atoms with Gasteiger partial charge in [-0.05, 0) is 25.0 Å². The first-order valence-corrected chi connectivity index (χ1v) is 8.61. The summed E-state index contributed by atoms with van der Waals surface area (Å²) in [6.07, 6.45) is 0.286. The lowest BCUT2D eigenvalue weighted by atomic mass is 10.0. The third kappa shape index (κ3) is 2.50. The van der Waals surface area contributed by atoms with Crippen molar-refractivity contribution in [1.29, 1.82) is 0 Å². The van der Waals surface area contributed by atoms with Crippen molar-refractivity contribution in [1.82, 2.24) is 5.06 Å². The minimum Gasteiger partial charge on any atom is -0.329 e. The highest BCUT2D eigenvalue weighted by Crippen LogP contribution is 2.25. The van der Waals surface area contributed by atoms with E-state index in [9.17, 15) is 22.8 Å². The molecule has 0 saturated carbocycles. The van der Waals surface area contributed by atoms with Crippen molar-refractivity contribution in [2.75, 3.05) is 11.5 Å². The highest BCUT2D eigenvalue weighted by atomic mass is 32.2. The van der Waals surface area contributed by atoms with Crippen LogP contribution in [0.2, 0.25) is 0 Å². The van der Waals surface area contributed by atoms with Gasteiger partial charge in [-0.15, -0.1) is 0 Å². The lowest BCUT2D eigenvalue weighted by molar-refractivity contribution is -0.174. The molecule has 8 heteroatoms. The molecule has 2 aliphatic rings. The summed E-state index contributed by atoms with van der Waals surface area (Å²) < 4.78 is 22.7. The Labute approximate surface area is 126 Å². The van der Waals surface area contributed by atoms with Crippen molar-refractivity contribution in [3.63, 3.8) is 0 Å². The van der Waals surface area contributed by atoms with E-state index >= 15 is 0 Å². The zero-order chi connectivity index (χ0) is 15.9. The largest absolute Gasteiger partial charge is 0.336 e. The maximum atomic E-state index is 12.1. The Kier molecular flexibility index (Phi) is 3.48. The molecule has 22 heavy (non-hydrogen) atoms. The van der Waals surface area contributed by atoms with Crippen molar-refractivity contribution in [2.24, 2.45) is 5.92 Å². The van der Waals surface area contributed by atoms with Crippen LogP contribution < -0.4 is 0 Å². The lowest BCUT2D eigenvalue weighted by Crippen LogP contribution is -2.37. The van der Waals surface area contributed by atoms with Gasteiger partial charge in [0, 0.05) is 0 Å². The van der Waals surface area contributed by atoms with Gasteiger partial charge in [-0.1, -0.05) is 17.2 Å². The molecule has 1 saturated heterocycles. The third-order valence-electron chi connectivity index (χ3n) is 3.83. The van der Waals surface area contributed by atoms with Crippen LogP contribution in [0.15, 0.2) is 24.3 Å². The number of rotatable bonds is 2. The van der Waals surface area contributed by atoms with Crippen molar-refractivity contribution < 1.29 is 27.6 Å². The summed E-state index contributed by atoms with van der Waals surface area (Å²) in [7, 11) is -3.10. The molecule has 7 nitrogen and oxygen atoms in total. The molecule has 2 aliphatic heterocycles. The van der Waals surface area contributed by atoms with Crippen molar-refractivity contribution in [3.05, 3.63) is 35.4 Å². The van der Waals surface area contributed by atoms with Crippen molar-refractivity contribution in [2.45, 2.75) is 12.8 Å². The zero-order valence-electron chi connectivity index (χ0n) is 11.5. The molecule has 0 N–H and O–H groups in total. The Bertz CT molecular complexity index is 720. The number of sulfone groups is 1. The minimum absolute atomic E-state index is 0.0884. The summed E-state index contributed by atoms with van der Waals surface area (Å²) in [5.74, 6) is -2.91. The molecule has 1 fully saturated rings. The number of hydrogen-bond acceptors (Lipinski definition) is 6. The second-order valence-electron chi connectivity index (χ2n) is 5.29. The van der Waals surface area contributed by atoms with E-state index in [1.54, 1.807) is 12.1 Å². The number of imide groups is 1. The highest BCUT2D eigenvalue weighted by Gasteiger charge is 2.40. The van der Waals surface area contributed by atoms with E-state index in [2.05, 4.69) is 0 Å². The van der Waals surface area contributed by atoms with E-state index in [-0.39, 0.29) is 35.5 Å². The Morgan fingerprint density at radius 2 is 1.55 bits per heavy atom. The molecule has 0 aromatic heterocycles. The fourth-order valence-corrected chi connectivity index (χ4v) is 4.03. The molecule has 0 unspecified atom stereocenters. The molecule has 1 aromatic rings. The molecular formula is C14H13NO6S. The van der Waals surface area contributed by atoms with E-state index in [0.29, 0.717) is 5.06 Å². The number of hydrogen-bond donors (Lipinski definition) is 0. The third-order valence-corrected chi connectivity index (χ3v) is 5.54. The number of nitrogens with zero attached hydrogens (tertiary/aromatic N) is 1. The second kappa shape index (κ2) is 5.20. The Balaban J connectivity index is 1.71. The van der Waals surface area contributed by atoms with Crippen LogP contribution in [-0.2, 0) is 19.5 Å². The maximum absolute atomic E-state index is 12.1. The summed E-state index contributed by atoms with van der Waals surface area (Å²) in [5.41, 5.74) is 0.373. The molecule has 0 bridgehead atoms. The van der Waals surface area contributed by atoms with Gasteiger partial charge in [-0.25, -0.2) is 13.2 Å². The topological polar surface area (TPSA) is 97.8 Å². The summed E-state index contributed by atoms with van der Waals surface area (Å²) in [6.45, 7) is 0. The van der Waals surface area contributed by atoms with Gasteiger partial charge in [0.2, 0.25) is 0 Å². The van der Waals surface area contributed by atoms with Crippen LogP contribution in [0.1, 0.15) is 33.6 Å². The van der Waals surface area contributed by atoms with Gasteiger partial charge in [-0.3, -0.25) is 9.59 Å². The van der Waals surface area contributed by atoms with Gasteiger partial charge in [0.1, 0.15) is 9.84 Å². The monoisotopic (exact) mass is 323 g/mol. The number of amides is 2. The molecular weight excluding hydrogens is 310 g/mol. The second-order valence-corrected chi connectivity index (χ2v) is 7.59. The summed E-state index contributed by atoms with van der Waals surface area (Å²) >= 11 is 0. The maximum Gasteiger partial charge on any atom is 0.336 e. The van der Waals surface area contributed by atoms with Gasteiger partial charge in [-0.2, -0.15) is 0 Å². The predicted molar refractivity (Wildman–Crippen MR) is 74.4 cm³/mol. The van der Waals surface area contributed by atoms with Gasteiger partial charge in [0.15, 0.2) is 0 Å². The molecule has 0 spiro atoms. The molecule has 0 aliphatic carbocycles. The number of hydroxylamine groups is 2. The van der Waals surface area contributed by atoms with Crippen molar-refractivity contribution in [3.8, 4) is 0 Å². The zero-order valence-corrected chi connectivity index (χ0v) is 12.3. The van der Waals surface area contributed by atoms with E-state index in [4.69, 9.17) is 4.84 Å². The van der Waals surface area contributed by atoms with E-state index in [1.165, 1.54) is 12.1 Å². The summed E-state index contributed by atoms with van der Waals surface area (Å²) in [4.78, 5) is 41.1. The van der Waals surface area contributed by atoms with E-state index in [0.717, 1.165) is 0 Å². The Hall–Kier alpha value is -2.22. The molecule has 1 aromatic carbocycles. The van der Waals surface area contributed by atoms with Crippen LogP contribution >= 0.6 is 0 Å². The molecule has 2 heterocycles. The summed E-state index contributed by atoms with van der Waals surface area (Å²) in [6, 6.07) is 6.19. The van der Waals surface area contributed by atoms with Gasteiger partial charge in [0.25, 0.3) is 11.8 Å². The molecule has 0 radical (unpaired) electrons. The minimum atomic E-state index is -3.10. The van der Waals surface area contributed by atoms with Crippen LogP contribution in [-0.4, -0.2) is 42.8 Å². The highest BCUT2D eigenvalue weighted by molar-refractivity contribution is 7.91. The van der Waals surface area contributed by atoms with Crippen molar-refractivity contribution >= 4 is 27.6 Å². The van der Waals surface area contributed by atoms with Crippen LogP contribution in [0, 0.1) is 5.92 Å². The SMILES string of the molecule is O=C(ON1C(=O)c2ccccc2C1=O)C1CCS(=O)(=O)CC1. The number of carbonyl (C=O) groups is 3. The van der Waals surface area contributed by atoms with E-state index in [1.807, 2.05) is 0 Å². The Morgan fingerprint density at radius 3 is 2.05 bits per heavy atom. The van der Waals surface area contributed by atoms with Crippen LogP contribution in [0.3, 0.4) is 0 Å². The smallest absolute Gasteiger partial charge is 0.329 e. The average Bonchev–Trinajstić information content (AvgIpc) is 2.73. The van der Waals surface area contributed by atoms with Gasteiger partial charge < -0.3 is 4.84 Å². The number of fused-ring (bicyclic) bond motifs is 1. The van der Waals surface area contributed by atoms with Crippen LogP contribution in [0.4, 0.5) is 0 Å². The van der Waals surface area contributed by atoms with Crippen LogP contribution in [0.25, 0.3) is 0 Å². The molecule has 0 atom stereocenters. The molecule has 116 valence electrons. The van der Waals surface area contributed by atoms with E-state index < -0.39 is 33.5 Å². The Morgan fingerprint density at radius 1 is 1.05 bits per heavy atom. The van der Waals surface area contributed by atoms with Crippen LogP contribution in [0.5, 0.6) is 0 Å². The standard InChI is InChI=1S/C14H13NO6S/c16-12-10-3-1-2-4-11(10)13(17)15(12)21-14(18)9-5-7-22(19,20)8-6-9/h1-4,9H,5-8H2. The predicted octanol–water partition coefficient (Wildman–Crippen LogP) is 0.566. The quantitative estimate of drug-likeness (QED) is 0.738. The first kappa shape index (κ1) is 14.7. The fourth-order valence-electron chi connectivity index (χ4n) is 2.54. The lowest BCUT2D eigenvalue weighted by Gasteiger charge is -2.22. The van der Waals surface area contributed by atoms with Gasteiger partial charge >= 0.3 is 5.97 Å². The number of benzene rings is 1. The first-order valence-electron chi connectivity index (χ1n) is 6.79. The summed E-state index contributed by atoms with van der Waals surface area (Å²) in [5, 5.41) is 0.454. The normalized spacial score (nSPS) is 20.8. The fraction of sp³-hybridized carbons (Fsp3) is 0.357. The molecule has 3 rings (SSSR count). The number of carbonyl (C=O) groups excluding carboxylic acids is 3. The first-order chi connectivity index (χ1) is 10.4.